The molecule has 0 saturated heterocycles. The lowest BCUT2D eigenvalue weighted by Gasteiger charge is -2.15. The van der Waals surface area contributed by atoms with Gasteiger partial charge in [-0.15, -0.1) is 0 Å². The molecule has 0 N–H and O–H groups in total. The molecule has 0 spiro atoms. The van der Waals surface area contributed by atoms with Crippen molar-refractivity contribution in [2.75, 3.05) is 6.61 Å². The summed E-state index contributed by atoms with van der Waals surface area (Å²) in [6, 6.07) is 12.8. The summed E-state index contributed by atoms with van der Waals surface area (Å²) in [6.45, 7) is 7.31. The summed E-state index contributed by atoms with van der Waals surface area (Å²) in [6.07, 6.45) is 1.01. The molecule has 0 bridgehead atoms. The summed E-state index contributed by atoms with van der Waals surface area (Å²) in [5.41, 5.74) is 1.30. The van der Waals surface area contributed by atoms with E-state index in [9.17, 15) is 0 Å². The Morgan fingerprint density at radius 1 is 1.06 bits per heavy atom. The molecule has 1 nitrogen and oxygen atoms in total. The molecular formula is C16H20O. The highest BCUT2D eigenvalue weighted by atomic mass is 16.5. The smallest absolute Gasteiger partial charge is 0.130 e. The molecule has 0 unspecified atom stereocenters. The van der Waals surface area contributed by atoms with E-state index in [0.29, 0.717) is 5.92 Å². The highest BCUT2D eigenvalue weighted by Gasteiger charge is 2.08. The van der Waals surface area contributed by atoms with Crippen LogP contribution in [0.1, 0.15) is 26.3 Å². The Morgan fingerprint density at radius 3 is 2.53 bits per heavy atom. The molecule has 0 aliphatic rings. The molecule has 2 rings (SSSR count). The van der Waals surface area contributed by atoms with Gasteiger partial charge in [0.2, 0.25) is 0 Å². The number of ether oxygens (including phenoxy) is 1. The van der Waals surface area contributed by atoms with E-state index < -0.39 is 0 Å². The monoisotopic (exact) mass is 228 g/mol. The summed E-state index contributed by atoms with van der Waals surface area (Å²) < 4.78 is 6.00. The van der Waals surface area contributed by atoms with Crippen LogP contribution < -0.4 is 4.74 Å². The average Bonchev–Trinajstić information content (AvgIpc) is 2.35. The molecule has 0 atom stereocenters. The Hall–Kier alpha value is -1.50. The van der Waals surface area contributed by atoms with Crippen molar-refractivity contribution >= 4 is 10.8 Å². The molecule has 0 amide bonds. The van der Waals surface area contributed by atoms with Gasteiger partial charge in [0.1, 0.15) is 5.75 Å². The highest BCUT2D eigenvalue weighted by molar-refractivity contribution is 5.89. The van der Waals surface area contributed by atoms with E-state index in [1.165, 1.54) is 16.3 Å². The van der Waals surface area contributed by atoms with Gasteiger partial charge < -0.3 is 4.74 Å². The van der Waals surface area contributed by atoms with Gasteiger partial charge in [-0.1, -0.05) is 57.2 Å². The van der Waals surface area contributed by atoms with Gasteiger partial charge in [-0.2, -0.15) is 0 Å². The second kappa shape index (κ2) is 5.22. The number of hydrogen-bond acceptors (Lipinski definition) is 1. The van der Waals surface area contributed by atoms with Gasteiger partial charge in [0, 0.05) is 5.39 Å². The zero-order valence-electron chi connectivity index (χ0n) is 10.9. The standard InChI is InChI=1S/C16H20O/c1-4-13-9-10-14-7-5-6-8-15(14)16(13)17-11-12(2)3/h5-10,12H,4,11H2,1-3H3. The van der Waals surface area contributed by atoms with Crippen LogP contribution in [-0.2, 0) is 6.42 Å². The van der Waals surface area contributed by atoms with Gasteiger partial charge in [0.05, 0.1) is 6.61 Å². The first-order chi connectivity index (χ1) is 8.22. The van der Waals surface area contributed by atoms with E-state index >= 15 is 0 Å². The second-order valence-corrected chi connectivity index (χ2v) is 4.83. The van der Waals surface area contributed by atoms with Crippen molar-refractivity contribution in [3.8, 4) is 5.75 Å². The molecule has 2 aromatic rings. The third-order valence-electron chi connectivity index (χ3n) is 2.90. The normalized spacial score (nSPS) is 11.1. The van der Waals surface area contributed by atoms with Gasteiger partial charge in [-0.05, 0) is 23.3 Å². The van der Waals surface area contributed by atoms with Crippen molar-refractivity contribution in [2.45, 2.75) is 27.2 Å². The predicted molar refractivity (Wildman–Crippen MR) is 73.7 cm³/mol. The Kier molecular flexibility index (Phi) is 3.68. The third kappa shape index (κ3) is 2.60. The minimum atomic E-state index is 0.554. The number of hydrogen-bond donors (Lipinski definition) is 0. The van der Waals surface area contributed by atoms with Crippen LogP contribution in [0.5, 0.6) is 5.75 Å². The maximum absolute atomic E-state index is 6.00. The zero-order valence-corrected chi connectivity index (χ0v) is 10.9. The fourth-order valence-electron chi connectivity index (χ4n) is 1.99. The summed E-state index contributed by atoms with van der Waals surface area (Å²) in [5, 5.41) is 2.48. The van der Waals surface area contributed by atoms with E-state index in [1.54, 1.807) is 0 Å². The van der Waals surface area contributed by atoms with Crippen LogP contribution >= 0.6 is 0 Å². The summed E-state index contributed by atoms with van der Waals surface area (Å²) in [7, 11) is 0. The lowest BCUT2D eigenvalue weighted by atomic mass is 10.0. The van der Waals surface area contributed by atoms with E-state index in [2.05, 4.69) is 57.2 Å². The van der Waals surface area contributed by atoms with Crippen molar-refractivity contribution in [1.82, 2.24) is 0 Å². The Bertz CT molecular complexity index is 500. The minimum Gasteiger partial charge on any atom is -0.492 e. The largest absolute Gasteiger partial charge is 0.492 e. The van der Waals surface area contributed by atoms with Crippen molar-refractivity contribution in [3.63, 3.8) is 0 Å². The van der Waals surface area contributed by atoms with E-state index in [0.717, 1.165) is 18.8 Å². The number of fused-ring (bicyclic) bond motifs is 1. The fourth-order valence-corrected chi connectivity index (χ4v) is 1.99. The van der Waals surface area contributed by atoms with Crippen LogP contribution in [0, 0.1) is 5.92 Å². The van der Waals surface area contributed by atoms with Crippen molar-refractivity contribution in [1.29, 1.82) is 0 Å². The molecule has 0 fully saturated rings. The average molecular weight is 228 g/mol. The van der Waals surface area contributed by atoms with E-state index in [-0.39, 0.29) is 0 Å². The maximum atomic E-state index is 6.00. The van der Waals surface area contributed by atoms with Crippen LogP contribution in [0.3, 0.4) is 0 Å². The summed E-state index contributed by atoms with van der Waals surface area (Å²) >= 11 is 0. The second-order valence-electron chi connectivity index (χ2n) is 4.83. The molecule has 2 aromatic carbocycles. The zero-order chi connectivity index (χ0) is 12.3. The highest BCUT2D eigenvalue weighted by Crippen LogP contribution is 2.30. The molecule has 1 heteroatoms. The molecule has 0 heterocycles. The SMILES string of the molecule is CCc1ccc2ccccc2c1OCC(C)C. The maximum Gasteiger partial charge on any atom is 0.130 e. The number of rotatable bonds is 4. The fraction of sp³-hybridized carbons (Fsp3) is 0.375. The summed E-state index contributed by atoms with van der Waals surface area (Å²) in [5.74, 6) is 1.62. The first-order valence-electron chi connectivity index (χ1n) is 6.35. The van der Waals surface area contributed by atoms with Gasteiger partial charge >= 0.3 is 0 Å². The Morgan fingerprint density at radius 2 is 1.82 bits per heavy atom. The topological polar surface area (TPSA) is 9.23 Å². The lowest BCUT2D eigenvalue weighted by Crippen LogP contribution is -2.06. The minimum absolute atomic E-state index is 0.554. The predicted octanol–water partition coefficient (Wildman–Crippen LogP) is 4.44. The quantitative estimate of drug-likeness (QED) is 0.752. The van der Waals surface area contributed by atoms with Crippen LogP contribution in [-0.4, -0.2) is 6.61 Å². The van der Waals surface area contributed by atoms with Crippen LogP contribution in [0.4, 0.5) is 0 Å². The third-order valence-corrected chi connectivity index (χ3v) is 2.90. The first-order valence-corrected chi connectivity index (χ1v) is 6.35. The van der Waals surface area contributed by atoms with Gasteiger partial charge in [0.15, 0.2) is 0 Å². The lowest BCUT2D eigenvalue weighted by molar-refractivity contribution is 0.272. The number of aryl methyl sites for hydroxylation is 1. The molecule has 17 heavy (non-hydrogen) atoms. The van der Waals surface area contributed by atoms with Gasteiger partial charge in [-0.25, -0.2) is 0 Å². The van der Waals surface area contributed by atoms with Crippen molar-refractivity contribution in [2.24, 2.45) is 5.92 Å². The van der Waals surface area contributed by atoms with E-state index in [1.807, 2.05) is 0 Å². The summed E-state index contributed by atoms with van der Waals surface area (Å²) in [4.78, 5) is 0. The molecule has 0 aliphatic heterocycles. The van der Waals surface area contributed by atoms with E-state index in [4.69, 9.17) is 4.74 Å². The molecule has 0 aliphatic carbocycles. The van der Waals surface area contributed by atoms with Crippen molar-refractivity contribution < 1.29 is 4.74 Å². The van der Waals surface area contributed by atoms with Crippen LogP contribution in [0.2, 0.25) is 0 Å². The Balaban J connectivity index is 2.47. The Labute approximate surface area is 103 Å². The molecular weight excluding hydrogens is 208 g/mol. The first kappa shape index (κ1) is 12.0. The molecule has 90 valence electrons. The van der Waals surface area contributed by atoms with Crippen LogP contribution in [0.25, 0.3) is 10.8 Å². The molecule has 0 radical (unpaired) electrons. The molecule has 0 saturated carbocycles. The number of benzene rings is 2. The van der Waals surface area contributed by atoms with Crippen LogP contribution in [0.15, 0.2) is 36.4 Å². The van der Waals surface area contributed by atoms with Gasteiger partial charge in [0.25, 0.3) is 0 Å². The van der Waals surface area contributed by atoms with Crippen molar-refractivity contribution in [3.05, 3.63) is 42.0 Å². The molecule has 0 aromatic heterocycles. The van der Waals surface area contributed by atoms with Gasteiger partial charge in [-0.3, -0.25) is 0 Å².